The van der Waals surface area contributed by atoms with E-state index in [1.165, 1.54) is 18.4 Å². The standard InChI is InChI=1S/C20H30N4O2/c1-21-20(23-17-13-16-7-8-19(17)26-16)22-14-18(15-5-3-2-4-6-15)24-9-11-25-12-10-24/h2-6,16-19H,7-14H2,1H3,(H2,21,22,23). The number of ether oxygens (including phenoxy) is 2. The summed E-state index contributed by atoms with van der Waals surface area (Å²) in [7, 11) is 1.84. The minimum absolute atomic E-state index is 0.315. The summed E-state index contributed by atoms with van der Waals surface area (Å²) >= 11 is 0. The second-order valence-electron chi connectivity index (χ2n) is 7.39. The fraction of sp³-hybridized carbons (Fsp3) is 0.650. The number of morpholine rings is 1. The van der Waals surface area contributed by atoms with Gasteiger partial charge in [-0.25, -0.2) is 0 Å². The lowest BCUT2D eigenvalue weighted by Crippen LogP contribution is -2.50. The summed E-state index contributed by atoms with van der Waals surface area (Å²) in [6.45, 7) is 4.36. The van der Waals surface area contributed by atoms with Crippen molar-refractivity contribution in [3.05, 3.63) is 35.9 Å². The van der Waals surface area contributed by atoms with Gasteiger partial charge < -0.3 is 20.1 Å². The maximum absolute atomic E-state index is 5.95. The Morgan fingerprint density at radius 1 is 1.23 bits per heavy atom. The van der Waals surface area contributed by atoms with Gasteiger partial charge in [-0.15, -0.1) is 0 Å². The first-order valence-electron chi connectivity index (χ1n) is 9.83. The van der Waals surface area contributed by atoms with Gasteiger partial charge in [0, 0.05) is 26.7 Å². The van der Waals surface area contributed by atoms with Crippen LogP contribution in [0.3, 0.4) is 0 Å². The molecule has 6 nitrogen and oxygen atoms in total. The van der Waals surface area contributed by atoms with Crippen LogP contribution in [0, 0.1) is 0 Å². The van der Waals surface area contributed by atoms with E-state index in [4.69, 9.17) is 9.47 Å². The number of aliphatic imine (C=N–C) groups is 1. The fourth-order valence-electron chi connectivity index (χ4n) is 4.38. The van der Waals surface area contributed by atoms with E-state index >= 15 is 0 Å². The van der Waals surface area contributed by atoms with E-state index < -0.39 is 0 Å². The van der Waals surface area contributed by atoms with Gasteiger partial charge in [0.25, 0.3) is 0 Å². The van der Waals surface area contributed by atoms with Crippen molar-refractivity contribution in [2.75, 3.05) is 39.9 Å². The van der Waals surface area contributed by atoms with Crippen LogP contribution in [0.1, 0.15) is 30.9 Å². The lowest BCUT2D eigenvalue weighted by atomic mass is 9.96. The molecule has 0 radical (unpaired) electrons. The predicted molar refractivity (Wildman–Crippen MR) is 102 cm³/mol. The maximum atomic E-state index is 5.95. The molecular weight excluding hydrogens is 328 g/mol. The molecule has 3 saturated heterocycles. The summed E-state index contributed by atoms with van der Waals surface area (Å²) < 4.78 is 11.5. The molecule has 1 aromatic carbocycles. The van der Waals surface area contributed by atoms with Crippen LogP contribution in [-0.2, 0) is 9.47 Å². The van der Waals surface area contributed by atoms with Crippen LogP contribution in [0.5, 0.6) is 0 Å². The smallest absolute Gasteiger partial charge is 0.191 e. The fourth-order valence-corrected chi connectivity index (χ4v) is 4.38. The van der Waals surface area contributed by atoms with Gasteiger partial charge in [0.15, 0.2) is 5.96 Å². The van der Waals surface area contributed by atoms with Crippen molar-refractivity contribution >= 4 is 5.96 Å². The molecular formula is C20H30N4O2. The second-order valence-corrected chi connectivity index (χ2v) is 7.39. The van der Waals surface area contributed by atoms with Crippen molar-refractivity contribution in [1.29, 1.82) is 0 Å². The maximum Gasteiger partial charge on any atom is 0.191 e. The summed E-state index contributed by atoms with van der Waals surface area (Å²) in [4.78, 5) is 6.94. The van der Waals surface area contributed by atoms with Crippen molar-refractivity contribution in [2.45, 2.75) is 43.6 Å². The molecule has 0 spiro atoms. The molecule has 3 aliphatic heterocycles. The Balaban J connectivity index is 1.38. The first-order valence-corrected chi connectivity index (χ1v) is 9.83. The zero-order valence-corrected chi connectivity index (χ0v) is 15.6. The van der Waals surface area contributed by atoms with Crippen LogP contribution < -0.4 is 10.6 Å². The van der Waals surface area contributed by atoms with Gasteiger partial charge in [0.1, 0.15) is 0 Å². The Labute approximate surface area is 156 Å². The van der Waals surface area contributed by atoms with Crippen LogP contribution in [-0.4, -0.2) is 69.0 Å². The highest BCUT2D eigenvalue weighted by Crippen LogP contribution is 2.34. The van der Waals surface area contributed by atoms with Gasteiger partial charge in [-0.05, 0) is 24.8 Å². The summed E-state index contributed by atoms with van der Waals surface area (Å²) in [6, 6.07) is 11.4. The highest BCUT2D eigenvalue weighted by molar-refractivity contribution is 5.80. The normalized spacial score (nSPS) is 30.3. The molecule has 0 aromatic heterocycles. The molecule has 4 atom stereocenters. The average molecular weight is 358 g/mol. The van der Waals surface area contributed by atoms with Crippen molar-refractivity contribution in [2.24, 2.45) is 4.99 Å². The first-order chi connectivity index (χ1) is 12.8. The molecule has 4 rings (SSSR count). The van der Waals surface area contributed by atoms with E-state index in [9.17, 15) is 0 Å². The van der Waals surface area contributed by atoms with Crippen molar-refractivity contribution < 1.29 is 9.47 Å². The molecule has 3 fully saturated rings. The number of nitrogens with zero attached hydrogens (tertiary/aromatic N) is 2. The number of hydrogen-bond donors (Lipinski definition) is 2. The van der Waals surface area contributed by atoms with Gasteiger partial charge in [0.2, 0.25) is 0 Å². The zero-order valence-electron chi connectivity index (χ0n) is 15.6. The van der Waals surface area contributed by atoms with Gasteiger partial charge in [-0.3, -0.25) is 9.89 Å². The highest BCUT2D eigenvalue weighted by Gasteiger charge is 2.41. The third-order valence-corrected chi connectivity index (χ3v) is 5.79. The minimum atomic E-state index is 0.315. The number of rotatable bonds is 5. The average Bonchev–Trinajstić information content (AvgIpc) is 3.32. The number of hydrogen-bond acceptors (Lipinski definition) is 4. The number of benzene rings is 1. The molecule has 0 saturated carbocycles. The topological polar surface area (TPSA) is 58.1 Å². The lowest BCUT2D eigenvalue weighted by Gasteiger charge is -2.35. The lowest BCUT2D eigenvalue weighted by molar-refractivity contribution is 0.0170. The zero-order chi connectivity index (χ0) is 17.8. The number of nitrogens with one attached hydrogen (secondary N) is 2. The van der Waals surface area contributed by atoms with Crippen LogP contribution in [0.4, 0.5) is 0 Å². The van der Waals surface area contributed by atoms with E-state index in [0.717, 1.165) is 45.2 Å². The van der Waals surface area contributed by atoms with E-state index in [2.05, 4.69) is 50.9 Å². The minimum Gasteiger partial charge on any atom is -0.379 e. The monoisotopic (exact) mass is 358 g/mol. The van der Waals surface area contributed by atoms with Crippen molar-refractivity contribution in [3.63, 3.8) is 0 Å². The summed E-state index contributed by atoms with van der Waals surface area (Å²) in [5.74, 6) is 0.875. The third-order valence-electron chi connectivity index (χ3n) is 5.79. The molecule has 26 heavy (non-hydrogen) atoms. The summed E-state index contributed by atoms with van der Waals surface area (Å²) in [5.41, 5.74) is 1.33. The van der Waals surface area contributed by atoms with E-state index in [0.29, 0.717) is 24.3 Å². The van der Waals surface area contributed by atoms with E-state index in [1.807, 2.05) is 7.05 Å². The van der Waals surface area contributed by atoms with E-state index in [-0.39, 0.29) is 0 Å². The molecule has 0 amide bonds. The van der Waals surface area contributed by atoms with Gasteiger partial charge >= 0.3 is 0 Å². The Morgan fingerprint density at radius 3 is 2.69 bits per heavy atom. The quantitative estimate of drug-likeness (QED) is 0.618. The van der Waals surface area contributed by atoms with Crippen LogP contribution in [0.15, 0.2) is 35.3 Å². The van der Waals surface area contributed by atoms with Crippen molar-refractivity contribution in [1.82, 2.24) is 15.5 Å². The third kappa shape index (κ3) is 4.03. The molecule has 3 aliphatic rings. The number of guanidine groups is 1. The Bertz CT molecular complexity index is 603. The molecule has 0 aliphatic carbocycles. The predicted octanol–water partition coefficient (Wildman–Crippen LogP) is 1.54. The van der Waals surface area contributed by atoms with Gasteiger partial charge in [-0.1, -0.05) is 30.3 Å². The van der Waals surface area contributed by atoms with E-state index in [1.54, 1.807) is 0 Å². The molecule has 2 bridgehead atoms. The largest absolute Gasteiger partial charge is 0.379 e. The molecule has 142 valence electrons. The number of fused-ring (bicyclic) bond motifs is 2. The van der Waals surface area contributed by atoms with Crippen LogP contribution >= 0.6 is 0 Å². The Kier molecular flexibility index (Phi) is 5.72. The molecule has 4 unspecified atom stereocenters. The summed E-state index contributed by atoms with van der Waals surface area (Å²) in [5, 5.41) is 7.13. The molecule has 2 N–H and O–H groups in total. The Hall–Kier alpha value is -1.63. The Morgan fingerprint density at radius 2 is 2.04 bits per heavy atom. The second kappa shape index (κ2) is 8.37. The summed E-state index contributed by atoms with van der Waals surface area (Å²) in [6.07, 6.45) is 4.27. The van der Waals surface area contributed by atoms with Crippen LogP contribution in [0.25, 0.3) is 0 Å². The SMILES string of the molecule is CN=C(NCC(c1ccccc1)N1CCOCC1)NC1CC2CCC1O2. The van der Waals surface area contributed by atoms with Gasteiger partial charge in [0.05, 0.1) is 37.5 Å². The molecule has 1 aromatic rings. The first kappa shape index (κ1) is 17.8. The van der Waals surface area contributed by atoms with Crippen molar-refractivity contribution in [3.8, 4) is 0 Å². The molecule has 3 heterocycles. The van der Waals surface area contributed by atoms with Gasteiger partial charge in [-0.2, -0.15) is 0 Å². The highest BCUT2D eigenvalue weighted by atomic mass is 16.5. The molecule has 6 heteroatoms. The van der Waals surface area contributed by atoms with Crippen LogP contribution in [0.2, 0.25) is 0 Å².